The molecule has 0 aromatic heterocycles. The maximum Gasteiger partial charge on any atom is 0.123 e. The van der Waals surface area contributed by atoms with Gasteiger partial charge >= 0.3 is 0 Å². The lowest BCUT2D eigenvalue weighted by Gasteiger charge is -2.29. The van der Waals surface area contributed by atoms with E-state index in [2.05, 4.69) is 4.90 Å². The zero-order chi connectivity index (χ0) is 15.5. The number of hydrogen-bond acceptors (Lipinski definition) is 4. The van der Waals surface area contributed by atoms with Crippen LogP contribution in [0.3, 0.4) is 0 Å². The van der Waals surface area contributed by atoms with Crippen molar-refractivity contribution >= 4 is 0 Å². The third-order valence-corrected chi connectivity index (χ3v) is 4.16. The molecule has 0 saturated heterocycles. The molecule has 22 heavy (non-hydrogen) atoms. The van der Waals surface area contributed by atoms with E-state index in [9.17, 15) is 5.11 Å². The second kappa shape index (κ2) is 6.28. The van der Waals surface area contributed by atoms with Gasteiger partial charge in [-0.3, -0.25) is 4.90 Å². The van der Waals surface area contributed by atoms with Crippen molar-refractivity contribution in [3.8, 4) is 17.2 Å². The Labute approximate surface area is 130 Å². The average Bonchev–Trinajstić information content (AvgIpc) is 2.55. The molecule has 0 saturated carbocycles. The highest BCUT2D eigenvalue weighted by Crippen LogP contribution is 2.28. The second-order valence-electron chi connectivity index (χ2n) is 5.59. The average molecular weight is 299 g/mol. The summed E-state index contributed by atoms with van der Waals surface area (Å²) >= 11 is 0. The smallest absolute Gasteiger partial charge is 0.123 e. The number of rotatable bonds is 4. The summed E-state index contributed by atoms with van der Waals surface area (Å²) in [5.74, 6) is 2.08. The molecule has 3 rings (SSSR count). The number of fused-ring (bicyclic) bond motifs is 1. The number of phenolic OH excluding ortho intramolecular Hbond substituents is 1. The molecule has 0 bridgehead atoms. The van der Waals surface area contributed by atoms with Crippen LogP contribution in [-0.4, -0.2) is 30.8 Å². The number of ether oxygens (including phenoxy) is 2. The van der Waals surface area contributed by atoms with Gasteiger partial charge in [0, 0.05) is 25.2 Å². The van der Waals surface area contributed by atoms with Crippen molar-refractivity contribution < 1.29 is 14.6 Å². The van der Waals surface area contributed by atoms with Gasteiger partial charge in [0.25, 0.3) is 0 Å². The Hall–Kier alpha value is -2.20. The molecule has 0 spiro atoms. The molecule has 4 heteroatoms. The molecule has 1 N–H and O–H groups in total. The van der Waals surface area contributed by atoms with Gasteiger partial charge in [0.05, 0.1) is 14.2 Å². The molecule has 0 amide bonds. The third-order valence-electron chi connectivity index (χ3n) is 4.16. The van der Waals surface area contributed by atoms with E-state index < -0.39 is 0 Å². The highest BCUT2D eigenvalue weighted by atomic mass is 16.5. The molecular formula is C18H21NO3. The van der Waals surface area contributed by atoms with Gasteiger partial charge in [0.2, 0.25) is 0 Å². The van der Waals surface area contributed by atoms with Crippen LogP contribution in [0.15, 0.2) is 36.4 Å². The van der Waals surface area contributed by atoms with Crippen molar-refractivity contribution in [3.05, 3.63) is 53.1 Å². The summed E-state index contributed by atoms with van der Waals surface area (Å²) < 4.78 is 10.8. The van der Waals surface area contributed by atoms with Crippen LogP contribution in [0.4, 0.5) is 0 Å². The van der Waals surface area contributed by atoms with Crippen molar-refractivity contribution in [1.82, 2.24) is 4.90 Å². The van der Waals surface area contributed by atoms with Gasteiger partial charge in [-0.2, -0.15) is 0 Å². The summed E-state index contributed by atoms with van der Waals surface area (Å²) in [5, 5.41) is 9.57. The summed E-state index contributed by atoms with van der Waals surface area (Å²) in [6, 6.07) is 11.5. The molecule has 116 valence electrons. The summed E-state index contributed by atoms with van der Waals surface area (Å²) in [7, 11) is 3.37. The molecular weight excluding hydrogens is 278 g/mol. The Morgan fingerprint density at radius 2 is 1.91 bits per heavy atom. The molecule has 0 radical (unpaired) electrons. The number of phenols is 1. The Morgan fingerprint density at radius 1 is 1.05 bits per heavy atom. The SMILES string of the molecule is COc1ccc(OC)c(CN2CCc3cc(O)ccc3C2)c1. The minimum Gasteiger partial charge on any atom is -0.508 e. The number of methoxy groups -OCH3 is 2. The standard InChI is InChI=1S/C18H21NO3/c1-21-17-5-6-18(22-2)15(10-17)12-19-8-7-13-9-16(20)4-3-14(13)11-19/h3-6,9-10,20H,7-8,11-12H2,1-2H3. The summed E-state index contributed by atoms with van der Waals surface area (Å²) in [5.41, 5.74) is 3.66. The predicted molar refractivity (Wildman–Crippen MR) is 85.5 cm³/mol. The van der Waals surface area contributed by atoms with Crippen LogP contribution in [0, 0.1) is 0 Å². The number of hydrogen-bond donors (Lipinski definition) is 1. The third kappa shape index (κ3) is 3.02. The maximum absolute atomic E-state index is 9.57. The topological polar surface area (TPSA) is 41.9 Å². The first-order valence-electron chi connectivity index (χ1n) is 7.43. The fraction of sp³-hybridized carbons (Fsp3) is 0.333. The second-order valence-corrected chi connectivity index (χ2v) is 5.59. The van der Waals surface area contributed by atoms with Gasteiger partial charge in [0.15, 0.2) is 0 Å². The monoisotopic (exact) mass is 299 g/mol. The van der Waals surface area contributed by atoms with Crippen LogP contribution in [0.5, 0.6) is 17.2 Å². The summed E-state index contributed by atoms with van der Waals surface area (Å²) in [6.45, 7) is 2.67. The van der Waals surface area contributed by atoms with E-state index in [4.69, 9.17) is 9.47 Å². The van der Waals surface area contributed by atoms with E-state index in [-0.39, 0.29) is 0 Å². The largest absolute Gasteiger partial charge is 0.508 e. The normalized spacial score (nSPS) is 14.5. The van der Waals surface area contributed by atoms with Gasteiger partial charge in [0.1, 0.15) is 17.2 Å². The number of nitrogens with zero attached hydrogens (tertiary/aromatic N) is 1. The lowest BCUT2D eigenvalue weighted by atomic mass is 9.99. The quantitative estimate of drug-likeness (QED) is 0.942. The number of benzene rings is 2. The van der Waals surface area contributed by atoms with Gasteiger partial charge in [-0.05, 0) is 47.9 Å². The van der Waals surface area contributed by atoms with E-state index in [1.165, 1.54) is 11.1 Å². The fourth-order valence-corrected chi connectivity index (χ4v) is 2.98. The van der Waals surface area contributed by atoms with Crippen molar-refractivity contribution in [2.24, 2.45) is 0 Å². The lowest BCUT2D eigenvalue weighted by Crippen LogP contribution is -2.30. The first-order chi connectivity index (χ1) is 10.7. The zero-order valence-electron chi connectivity index (χ0n) is 13.0. The molecule has 0 fully saturated rings. The van der Waals surface area contributed by atoms with Gasteiger partial charge in [-0.15, -0.1) is 0 Å². The molecule has 0 unspecified atom stereocenters. The van der Waals surface area contributed by atoms with Crippen LogP contribution in [0.2, 0.25) is 0 Å². The Bertz CT molecular complexity index is 669. The maximum atomic E-state index is 9.57. The molecule has 4 nitrogen and oxygen atoms in total. The Kier molecular flexibility index (Phi) is 4.20. The minimum absolute atomic E-state index is 0.349. The van der Waals surface area contributed by atoms with E-state index in [1.807, 2.05) is 30.3 Å². The van der Waals surface area contributed by atoms with Gasteiger partial charge < -0.3 is 14.6 Å². The van der Waals surface area contributed by atoms with Crippen LogP contribution >= 0.6 is 0 Å². The zero-order valence-corrected chi connectivity index (χ0v) is 13.0. The summed E-state index contributed by atoms with van der Waals surface area (Å²) in [6.07, 6.45) is 0.954. The van der Waals surface area contributed by atoms with E-state index >= 15 is 0 Å². The van der Waals surface area contributed by atoms with Crippen LogP contribution in [0.1, 0.15) is 16.7 Å². The van der Waals surface area contributed by atoms with Crippen molar-refractivity contribution in [3.63, 3.8) is 0 Å². The van der Waals surface area contributed by atoms with Crippen LogP contribution in [-0.2, 0) is 19.5 Å². The lowest BCUT2D eigenvalue weighted by molar-refractivity contribution is 0.241. The van der Waals surface area contributed by atoms with Crippen LogP contribution < -0.4 is 9.47 Å². The Morgan fingerprint density at radius 3 is 2.68 bits per heavy atom. The highest BCUT2D eigenvalue weighted by Gasteiger charge is 2.18. The van der Waals surface area contributed by atoms with Crippen molar-refractivity contribution in [2.45, 2.75) is 19.5 Å². The highest BCUT2D eigenvalue weighted by molar-refractivity contribution is 5.41. The molecule has 1 aliphatic heterocycles. The Balaban J connectivity index is 1.78. The van der Waals surface area contributed by atoms with E-state index in [0.717, 1.165) is 43.1 Å². The number of aromatic hydroxyl groups is 1. The van der Waals surface area contributed by atoms with Gasteiger partial charge in [-0.1, -0.05) is 6.07 Å². The molecule has 2 aromatic rings. The first kappa shape index (κ1) is 14.7. The molecule has 1 heterocycles. The van der Waals surface area contributed by atoms with Crippen LogP contribution in [0.25, 0.3) is 0 Å². The minimum atomic E-state index is 0.349. The van der Waals surface area contributed by atoms with Crippen molar-refractivity contribution in [1.29, 1.82) is 0 Å². The first-order valence-corrected chi connectivity index (χ1v) is 7.43. The van der Waals surface area contributed by atoms with E-state index in [1.54, 1.807) is 20.3 Å². The van der Waals surface area contributed by atoms with Gasteiger partial charge in [-0.25, -0.2) is 0 Å². The van der Waals surface area contributed by atoms with Crippen molar-refractivity contribution in [2.75, 3.05) is 20.8 Å². The molecule has 0 aliphatic carbocycles. The van der Waals surface area contributed by atoms with E-state index in [0.29, 0.717) is 5.75 Å². The molecule has 2 aromatic carbocycles. The molecule has 1 aliphatic rings. The predicted octanol–water partition coefficient (Wildman–Crippen LogP) is 2.97. The molecule has 0 atom stereocenters. The fourth-order valence-electron chi connectivity index (χ4n) is 2.98. The summed E-state index contributed by atoms with van der Waals surface area (Å²) in [4.78, 5) is 2.39.